The Kier molecular flexibility index (Phi) is 46.1. The lowest BCUT2D eigenvalue weighted by molar-refractivity contribution is -0.191. The Bertz CT molecular complexity index is 4680. The zero-order chi connectivity index (χ0) is 79.8. The molecular formula is C77H78B2Br3F14N9O10. The van der Waals surface area contributed by atoms with Gasteiger partial charge in [0.15, 0.2) is 0 Å². The summed E-state index contributed by atoms with van der Waals surface area (Å²) in [6.45, 7) is 0.221. The number of carbonyl (C=O) groups is 4. The summed E-state index contributed by atoms with van der Waals surface area (Å²) in [7, 11) is 3.45. The average molecular weight is 1820 g/mol. The first-order chi connectivity index (χ1) is 51.0. The molecule has 1 atom stereocenters. The molecule has 0 saturated carbocycles. The van der Waals surface area contributed by atoms with Crippen LogP contribution in [0.3, 0.4) is 0 Å². The fraction of sp³-hybridized carbons (Fsp3) is 0.234. The summed E-state index contributed by atoms with van der Waals surface area (Å²) < 4.78 is 184. The Morgan fingerprint density at radius 1 is 0.461 bits per heavy atom. The lowest BCUT2D eigenvalue weighted by atomic mass is 9.83. The Morgan fingerprint density at radius 2 is 0.765 bits per heavy atom. The smallest absolute Gasteiger partial charge is 0.423 e. The number of hydrogen-bond donors (Lipinski definition) is 4. The minimum absolute atomic E-state index is 0. The standard InChI is InChI=1S/C20H11F4N3O2.C15H9BrFNO2.C12H9F4N3.C7H6BrFO.C6H4BrF.C5H4BF3N2O2.C4H7BO.CO2.7CH4/c21-16-6-5-11(13-8-25-19(26-9-13)20(22,23)24)7-12(16)10-27-17(28)14-3-1-2-4-15(14)18(27)29;16-10-5-6-13(17)9(7-10)8-18-14(19)11-3-1-2-4-12(11)15(18)20;13-10-2-1-7(3-8(10)4-17)9-5-18-11(19-6-9)12(14,15)16;8-6-1-2-7(9)5(3-6)4-10;7-5-1-3-6(8)4-2-5;7-5(8,9)4-10-1-3(2-11-4)6(12)13;5-4-2-1-3-6-4;2-1-3;;;;;;;/h1-9H,10H2;1-7H,8H2;1-3,5-6H,4,17H2;1-3,10H,4H2;1-4H;1-2,12-13H;4H,1-3H2;;7*1H4. The monoisotopic (exact) mass is 1810 g/mol. The van der Waals surface area contributed by atoms with Crippen molar-refractivity contribution in [2.24, 2.45) is 5.73 Å². The average Bonchev–Trinajstić information content (AvgIpc) is 1.64. The molecule has 616 valence electrons. The molecule has 6 heterocycles. The molecule has 4 amide bonds. The van der Waals surface area contributed by atoms with Crippen LogP contribution in [0.2, 0.25) is 0 Å². The topological polar surface area (TPSA) is 282 Å². The van der Waals surface area contributed by atoms with Crippen LogP contribution in [0.15, 0.2) is 196 Å². The van der Waals surface area contributed by atoms with E-state index in [0.29, 0.717) is 55.8 Å². The molecular weight excluding hydrogens is 1740 g/mol. The predicted octanol–water partition coefficient (Wildman–Crippen LogP) is 18.2. The van der Waals surface area contributed by atoms with Gasteiger partial charge in [-0.15, -0.1) is 0 Å². The number of nitrogens with zero attached hydrogens (tertiary/aromatic N) is 8. The maximum absolute atomic E-state index is 14.3. The van der Waals surface area contributed by atoms with Crippen LogP contribution in [-0.4, -0.2) is 112 Å². The Hall–Kier alpha value is -10.2. The van der Waals surface area contributed by atoms with Gasteiger partial charge in [-0.2, -0.15) is 49.1 Å². The predicted molar refractivity (Wildman–Crippen MR) is 416 cm³/mol. The van der Waals surface area contributed by atoms with E-state index in [1.54, 1.807) is 72.8 Å². The number of nitrogens with two attached hydrogens (primary N) is 1. The number of halogens is 17. The minimum atomic E-state index is -4.67. The first-order valence-electron chi connectivity index (χ1n) is 30.5. The molecule has 3 aromatic heterocycles. The van der Waals surface area contributed by atoms with Crippen molar-refractivity contribution < 1.29 is 110 Å². The van der Waals surface area contributed by atoms with Gasteiger partial charge in [0.25, 0.3) is 23.6 Å². The second-order valence-electron chi connectivity index (χ2n) is 21.8. The van der Waals surface area contributed by atoms with Crippen LogP contribution in [0.5, 0.6) is 0 Å². The van der Waals surface area contributed by atoms with E-state index >= 15 is 0 Å². The molecule has 7 aromatic carbocycles. The Morgan fingerprint density at radius 3 is 1.05 bits per heavy atom. The largest absolute Gasteiger partial charge is 0.491 e. The maximum Gasteiger partial charge on any atom is 0.491 e. The second-order valence-corrected chi connectivity index (χ2v) is 24.5. The molecule has 0 spiro atoms. The first kappa shape index (κ1) is 107. The van der Waals surface area contributed by atoms with E-state index in [1.807, 2.05) is 0 Å². The molecule has 13 rings (SSSR count). The number of carbonyl (C=O) groups excluding carboxylic acids is 6. The highest BCUT2D eigenvalue weighted by atomic mass is 79.9. The van der Waals surface area contributed by atoms with E-state index in [0.717, 1.165) is 69.0 Å². The minimum Gasteiger partial charge on any atom is -0.423 e. The SMILES string of the molecule is C.C.C.C.C.C.C.Fc1ccc(Br)cc1.NCc1cc(-c2cnc(C(F)(F)F)nc2)ccc1F.O=C1c2ccccc2C(=O)N1Cc1cc(-c2cnc(C(F)(F)F)nc2)ccc1F.O=C1c2ccccc2C(=O)N1Cc1cc(Br)ccc1F.O=C=O.OB(O)c1cnc(C(F)(F)F)nc1.OCc1cc(Br)ccc1F.[B]C1CCCO1. The third kappa shape index (κ3) is 31.5. The van der Waals surface area contributed by atoms with Crippen molar-refractivity contribution in [2.45, 2.75) is 116 Å². The van der Waals surface area contributed by atoms with E-state index in [4.69, 9.17) is 43.1 Å². The number of imide groups is 2. The summed E-state index contributed by atoms with van der Waals surface area (Å²) in [5, 5.41) is 25.6. The van der Waals surface area contributed by atoms with E-state index in [1.165, 1.54) is 66.7 Å². The van der Waals surface area contributed by atoms with Gasteiger partial charge < -0.3 is 25.6 Å². The van der Waals surface area contributed by atoms with E-state index < -0.39 is 72.4 Å². The Balaban J connectivity index is 0. The molecule has 115 heavy (non-hydrogen) atoms. The van der Waals surface area contributed by atoms with Gasteiger partial charge in [-0.1, -0.05) is 136 Å². The van der Waals surface area contributed by atoms with E-state index in [2.05, 4.69) is 77.7 Å². The van der Waals surface area contributed by atoms with Crippen molar-refractivity contribution in [3.05, 3.63) is 287 Å². The molecule has 38 heteroatoms. The van der Waals surface area contributed by atoms with Gasteiger partial charge in [0, 0.05) is 109 Å². The molecule has 0 bridgehead atoms. The summed E-state index contributed by atoms with van der Waals surface area (Å²) in [4.78, 5) is 86.4. The molecule has 2 radical (unpaired) electrons. The van der Waals surface area contributed by atoms with Gasteiger partial charge in [0.1, 0.15) is 36.9 Å². The van der Waals surface area contributed by atoms with Gasteiger partial charge in [-0.25, -0.2) is 51.9 Å². The van der Waals surface area contributed by atoms with Crippen molar-refractivity contribution in [3.63, 3.8) is 0 Å². The van der Waals surface area contributed by atoms with Crippen molar-refractivity contribution in [1.29, 1.82) is 0 Å². The second kappa shape index (κ2) is 49.6. The van der Waals surface area contributed by atoms with Gasteiger partial charge >= 0.3 is 31.8 Å². The normalized spacial score (nSPS) is 12.4. The third-order valence-corrected chi connectivity index (χ3v) is 15.9. The van der Waals surface area contributed by atoms with Gasteiger partial charge in [-0.05, 0) is 133 Å². The molecule has 3 aliphatic rings. The van der Waals surface area contributed by atoms with Crippen molar-refractivity contribution in [2.75, 3.05) is 6.61 Å². The van der Waals surface area contributed by atoms with Gasteiger partial charge in [-0.3, -0.25) is 29.0 Å². The van der Waals surface area contributed by atoms with Crippen LogP contribution in [0, 0.1) is 29.1 Å². The summed E-state index contributed by atoms with van der Waals surface area (Å²) >= 11 is 9.59. The number of aliphatic hydroxyl groups is 1. The molecule has 19 nitrogen and oxygen atoms in total. The van der Waals surface area contributed by atoms with E-state index in [9.17, 15) is 80.6 Å². The lowest BCUT2D eigenvalue weighted by Gasteiger charge is -2.15. The van der Waals surface area contributed by atoms with Crippen LogP contribution >= 0.6 is 47.8 Å². The number of aromatic nitrogens is 6. The highest BCUT2D eigenvalue weighted by Gasteiger charge is 2.39. The maximum atomic E-state index is 14.3. The number of amides is 4. The van der Waals surface area contributed by atoms with Crippen LogP contribution < -0.4 is 11.2 Å². The fourth-order valence-electron chi connectivity index (χ4n) is 9.12. The fourth-order valence-corrected chi connectivity index (χ4v) is 10.2. The van der Waals surface area contributed by atoms with Gasteiger partial charge in [0.2, 0.25) is 17.5 Å². The van der Waals surface area contributed by atoms with Crippen LogP contribution in [0.4, 0.5) is 61.5 Å². The number of ether oxygens (including phenoxy) is 1. The third-order valence-electron chi connectivity index (χ3n) is 14.4. The summed E-state index contributed by atoms with van der Waals surface area (Å²) in [6.07, 6.45) is -5.96. The molecule has 5 N–H and O–H groups in total. The number of benzene rings is 7. The zero-order valence-corrected chi connectivity index (χ0v) is 59.5. The highest BCUT2D eigenvalue weighted by Crippen LogP contribution is 2.33. The molecule has 1 fully saturated rings. The molecule has 3 aliphatic heterocycles. The molecule has 10 aromatic rings. The lowest BCUT2D eigenvalue weighted by Crippen LogP contribution is -2.31. The van der Waals surface area contributed by atoms with E-state index in [-0.39, 0.29) is 147 Å². The highest BCUT2D eigenvalue weighted by molar-refractivity contribution is 9.11. The van der Waals surface area contributed by atoms with Crippen molar-refractivity contribution >= 4 is 98.0 Å². The first-order valence-corrected chi connectivity index (χ1v) is 32.9. The number of hydrogen-bond acceptors (Lipinski definition) is 17. The summed E-state index contributed by atoms with van der Waals surface area (Å²) in [5.74, 6) is -7.76. The Labute approximate surface area is 681 Å². The number of alkyl halides is 9. The van der Waals surface area contributed by atoms with Crippen LogP contribution in [0.25, 0.3) is 22.3 Å². The quantitative estimate of drug-likeness (QED) is 0.0593. The number of rotatable bonds is 9. The van der Waals surface area contributed by atoms with Crippen LogP contribution in [0.1, 0.15) is 146 Å². The number of fused-ring (bicyclic) bond motifs is 2. The van der Waals surface area contributed by atoms with Crippen molar-refractivity contribution in [3.8, 4) is 22.3 Å². The van der Waals surface area contributed by atoms with Crippen LogP contribution in [-0.2, 0) is 59.1 Å². The van der Waals surface area contributed by atoms with Gasteiger partial charge in [0.05, 0.1) is 42.0 Å². The summed E-state index contributed by atoms with van der Waals surface area (Å²) in [6, 6.07) is 35.9. The zero-order valence-electron chi connectivity index (χ0n) is 54.8. The van der Waals surface area contributed by atoms with Crippen molar-refractivity contribution in [1.82, 2.24) is 39.7 Å². The molecule has 1 saturated heterocycles. The molecule has 0 aliphatic carbocycles. The number of aliphatic hydroxyl groups excluding tert-OH is 1. The summed E-state index contributed by atoms with van der Waals surface area (Å²) in [5.41, 5.74) is 8.78. The molecule has 1 unspecified atom stereocenters.